The van der Waals surface area contributed by atoms with Crippen LogP contribution in [0.3, 0.4) is 0 Å². The fourth-order valence-electron chi connectivity index (χ4n) is 0.703. The summed E-state index contributed by atoms with van der Waals surface area (Å²) in [4.78, 5) is 0. The van der Waals surface area contributed by atoms with E-state index in [2.05, 4.69) is 0 Å². The van der Waals surface area contributed by atoms with Crippen molar-refractivity contribution in [3.05, 3.63) is 23.8 Å². The molecule has 1 rings (SSSR count). The van der Waals surface area contributed by atoms with Crippen molar-refractivity contribution in [2.24, 2.45) is 5.73 Å². The van der Waals surface area contributed by atoms with Crippen LogP contribution in [0.5, 0.6) is 0 Å². The van der Waals surface area contributed by atoms with Gasteiger partial charge in [-0.25, -0.2) is 0 Å². The molecular formula is C7H11N. The Balaban J connectivity index is 2.87. The quantitative estimate of drug-likeness (QED) is 0.497. The highest BCUT2D eigenvalue weighted by Gasteiger charge is 2.18. The molecule has 0 aromatic rings. The number of allylic oxidation sites excluding steroid dienone is 2. The van der Waals surface area contributed by atoms with Crippen LogP contribution < -0.4 is 5.73 Å². The van der Waals surface area contributed by atoms with Gasteiger partial charge in [-0.2, -0.15) is 0 Å². The van der Waals surface area contributed by atoms with Crippen molar-refractivity contribution in [3.8, 4) is 0 Å². The number of hydrogen-bond acceptors (Lipinski definition) is 1. The fraction of sp³-hybridized carbons (Fsp3) is 0.429. The first-order valence-corrected chi connectivity index (χ1v) is 2.78. The molecule has 0 aliphatic heterocycles. The fourth-order valence-corrected chi connectivity index (χ4v) is 0.703. The molecular weight excluding hydrogens is 98.1 g/mol. The highest BCUT2D eigenvalue weighted by molar-refractivity contribution is 5.35. The van der Waals surface area contributed by atoms with Gasteiger partial charge in [-0.05, 0) is 19.4 Å². The summed E-state index contributed by atoms with van der Waals surface area (Å²) in [5.74, 6) is 0. The molecule has 1 nitrogen and oxygen atoms in total. The third-order valence-electron chi connectivity index (χ3n) is 1.64. The highest BCUT2D eigenvalue weighted by Crippen LogP contribution is 2.19. The summed E-state index contributed by atoms with van der Waals surface area (Å²) in [5.41, 5.74) is 6.83. The van der Waals surface area contributed by atoms with Gasteiger partial charge < -0.3 is 5.73 Å². The molecule has 1 heteroatoms. The molecule has 0 spiro atoms. The Labute approximate surface area is 49.9 Å². The van der Waals surface area contributed by atoms with Crippen LogP contribution >= 0.6 is 0 Å². The van der Waals surface area contributed by atoms with Gasteiger partial charge in [0, 0.05) is 0 Å². The minimum Gasteiger partial charge on any atom is -0.319 e. The van der Waals surface area contributed by atoms with E-state index in [4.69, 9.17) is 5.73 Å². The van der Waals surface area contributed by atoms with Crippen molar-refractivity contribution in [1.82, 2.24) is 0 Å². The Morgan fingerprint density at radius 1 is 1.62 bits per heavy atom. The molecule has 1 unspecified atom stereocenters. The maximum Gasteiger partial charge on any atom is 0.0529 e. The summed E-state index contributed by atoms with van der Waals surface area (Å²) in [6, 6.07) is 0. The minimum absolute atomic E-state index is 0.167. The Morgan fingerprint density at radius 3 is 2.38 bits per heavy atom. The van der Waals surface area contributed by atoms with Crippen LogP contribution in [-0.4, -0.2) is 5.54 Å². The van der Waals surface area contributed by atoms with E-state index in [1.54, 1.807) is 0 Å². The minimum atomic E-state index is -0.167. The predicted molar refractivity (Wildman–Crippen MR) is 35.5 cm³/mol. The van der Waals surface area contributed by atoms with E-state index in [-0.39, 0.29) is 5.54 Å². The van der Waals surface area contributed by atoms with Crippen molar-refractivity contribution in [2.45, 2.75) is 19.4 Å². The van der Waals surface area contributed by atoms with Gasteiger partial charge in [0.05, 0.1) is 5.54 Å². The lowest BCUT2D eigenvalue weighted by Gasteiger charge is -2.16. The zero-order chi connectivity index (χ0) is 6.20. The van der Waals surface area contributed by atoms with Gasteiger partial charge in [-0.15, -0.1) is 0 Å². The number of hydrogen-bond donors (Lipinski definition) is 1. The normalized spacial score (nSPS) is 35.6. The summed E-state index contributed by atoms with van der Waals surface area (Å²) >= 11 is 0. The second-order valence-corrected chi connectivity index (χ2v) is 2.49. The highest BCUT2D eigenvalue weighted by atomic mass is 14.7. The van der Waals surface area contributed by atoms with E-state index in [0.29, 0.717) is 0 Å². The molecule has 1 aliphatic rings. The van der Waals surface area contributed by atoms with E-state index < -0.39 is 0 Å². The van der Waals surface area contributed by atoms with Crippen LogP contribution in [0.4, 0.5) is 0 Å². The first-order chi connectivity index (χ1) is 3.63. The molecule has 44 valence electrons. The molecule has 0 heterocycles. The molecule has 0 bridgehead atoms. The molecule has 0 saturated heterocycles. The van der Waals surface area contributed by atoms with Gasteiger partial charge in [0.25, 0.3) is 0 Å². The van der Waals surface area contributed by atoms with Crippen LogP contribution in [0.25, 0.3) is 0 Å². The van der Waals surface area contributed by atoms with Crippen molar-refractivity contribution < 1.29 is 0 Å². The molecule has 8 heavy (non-hydrogen) atoms. The number of nitrogens with two attached hydrogens (primary N) is 1. The zero-order valence-electron chi connectivity index (χ0n) is 5.31. The van der Waals surface area contributed by atoms with Gasteiger partial charge in [0.1, 0.15) is 0 Å². The van der Waals surface area contributed by atoms with Crippen LogP contribution in [0.1, 0.15) is 13.8 Å². The standard InChI is InChI=1S/C7H11N/c1-6-4-3-5-7(6,2)8/h3-5H,8H2,1-2H3. The smallest absolute Gasteiger partial charge is 0.0529 e. The molecule has 2 N–H and O–H groups in total. The SMILES string of the molecule is CC1=CC=CC1(C)N. The summed E-state index contributed by atoms with van der Waals surface area (Å²) in [7, 11) is 0. The average molecular weight is 109 g/mol. The van der Waals surface area contributed by atoms with Crippen LogP contribution in [0, 0.1) is 0 Å². The molecule has 0 amide bonds. The molecule has 1 aliphatic carbocycles. The van der Waals surface area contributed by atoms with E-state index in [1.165, 1.54) is 5.57 Å². The first kappa shape index (κ1) is 5.57. The topological polar surface area (TPSA) is 26.0 Å². The molecule has 0 radical (unpaired) electrons. The van der Waals surface area contributed by atoms with E-state index in [1.807, 2.05) is 32.1 Å². The third kappa shape index (κ3) is 0.693. The van der Waals surface area contributed by atoms with E-state index in [0.717, 1.165) is 0 Å². The zero-order valence-corrected chi connectivity index (χ0v) is 5.31. The summed E-state index contributed by atoms with van der Waals surface area (Å²) in [6.07, 6.45) is 6.04. The molecule has 0 saturated carbocycles. The molecule has 1 atom stereocenters. The number of rotatable bonds is 0. The van der Waals surface area contributed by atoms with Crippen LogP contribution in [0.2, 0.25) is 0 Å². The van der Waals surface area contributed by atoms with Crippen molar-refractivity contribution in [2.75, 3.05) is 0 Å². The third-order valence-corrected chi connectivity index (χ3v) is 1.64. The van der Waals surface area contributed by atoms with Crippen molar-refractivity contribution in [1.29, 1.82) is 0 Å². The molecule has 0 fully saturated rings. The van der Waals surface area contributed by atoms with E-state index in [9.17, 15) is 0 Å². The Kier molecular flexibility index (Phi) is 1.01. The first-order valence-electron chi connectivity index (χ1n) is 2.78. The Morgan fingerprint density at radius 2 is 2.25 bits per heavy atom. The monoisotopic (exact) mass is 109 g/mol. The predicted octanol–water partition coefficient (Wildman–Crippen LogP) is 1.22. The maximum absolute atomic E-state index is 5.77. The Bertz CT molecular complexity index is 152. The van der Waals surface area contributed by atoms with Crippen molar-refractivity contribution in [3.63, 3.8) is 0 Å². The lowest BCUT2D eigenvalue weighted by atomic mass is 9.99. The van der Waals surface area contributed by atoms with Crippen molar-refractivity contribution >= 4 is 0 Å². The van der Waals surface area contributed by atoms with Crippen LogP contribution in [-0.2, 0) is 0 Å². The van der Waals surface area contributed by atoms with Crippen LogP contribution in [0.15, 0.2) is 23.8 Å². The van der Waals surface area contributed by atoms with Gasteiger partial charge in [-0.3, -0.25) is 0 Å². The summed E-state index contributed by atoms with van der Waals surface area (Å²) < 4.78 is 0. The van der Waals surface area contributed by atoms with Gasteiger partial charge in [-0.1, -0.05) is 18.2 Å². The second kappa shape index (κ2) is 1.46. The van der Waals surface area contributed by atoms with Gasteiger partial charge in [0.2, 0.25) is 0 Å². The average Bonchev–Trinajstić information content (AvgIpc) is 1.86. The maximum atomic E-state index is 5.77. The summed E-state index contributed by atoms with van der Waals surface area (Å²) in [5, 5.41) is 0. The van der Waals surface area contributed by atoms with E-state index >= 15 is 0 Å². The summed E-state index contributed by atoms with van der Waals surface area (Å²) in [6.45, 7) is 4.04. The lowest BCUT2D eigenvalue weighted by molar-refractivity contribution is 0.698. The lowest BCUT2D eigenvalue weighted by Crippen LogP contribution is -2.32. The second-order valence-electron chi connectivity index (χ2n) is 2.49. The van der Waals surface area contributed by atoms with Gasteiger partial charge in [0.15, 0.2) is 0 Å². The molecule has 0 aromatic carbocycles. The molecule has 0 aromatic heterocycles. The largest absolute Gasteiger partial charge is 0.319 e. The van der Waals surface area contributed by atoms with Gasteiger partial charge >= 0.3 is 0 Å². The Hall–Kier alpha value is -0.560.